The van der Waals surface area contributed by atoms with Gasteiger partial charge in [-0.05, 0) is 24.3 Å². The summed E-state index contributed by atoms with van der Waals surface area (Å²) in [4.78, 5) is 0. The van der Waals surface area contributed by atoms with Gasteiger partial charge in [0.05, 0.1) is 11.4 Å². The molecule has 0 fully saturated rings. The number of hydrogen-bond donors (Lipinski definition) is 4. The third-order valence-electron chi connectivity index (χ3n) is 2.25. The molecule has 0 aliphatic carbocycles. The van der Waals surface area contributed by atoms with Crippen LogP contribution in [0, 0.1) is 11.6 Å². The number of aromatic hydroxyl groups is 2. The first kappa shape index (κ1) is 12.0. The van der Waals surface area contributed by atoms with Crippen molar-refractivity contribution in [2.24, 2.45) is 0 Å². The van der Waals surface area contributed by atoms with Gasteiger partial charge in [-0.15, -0.1) is 0 Å². The summed E-state index contributed by atoms with van der Waals surface area (Å²) < 4.78 is 25.9. The number of benzene rings is 2. The van der Waals surface area contributed by atoms with E-state index >= 15 is 0 Å². The van der Waals surface area contributed by atoms with Crippen molar-refractivity contribution in [1.29, 1.82) is 0 Å². The lowest BCUT2D eigenvalue weighted by Crippen LogP contribution is -2.09. The minimum Gasteiger partial charge on any atom is -0.506 e. The first-order chi connectivity index (χ1) is 8.56. The van der Waals surface area contributed by atoms with Crippen LogP contribution in [0.3, 0.4) is 0 Å². The molecule has 0 atom stereocenters. The molecule has 0 amide bonds. The highest BCUT2D eigenvalue weighted by Gasteiger charge is 2.04. The third-order valence-corrected chi connectivity index (χ3v) is 2.25. The fraction of sp³-hybridized carbons (Fsp3) is 0. The van der Waals surface area contributed by atoms with Crippen LogP contribution in [0.2, 0.25) is 0 Å². The quantitative estimate of drug-likeness (QED) is 0.385. The van der Waals surface area contributed by atoms with Crippen LogP contribution >= 0.6 is 0 Å². The van der Waals surface area contributed by atoms with E-state index in [-0.39, 0.29) is 11.4 Å². The smallest absolute Gasteiger partial charge is 0.166 e. The first-order valence-electron chi connectivity index (χ1n) is 5.05. The van der Waals surface area contributed by atoms with E-state index < -0.39 is 17.4 Å². The molecule has 94 valence electrons. The minimum atomic E-state index is -0.787. The molecule has 0 radical (unpaired) electrons. The largest absolute Gasteiger partial charge is 0.506 e. The average Bonchev–Trinajstić information content (AvgIpc) is 2.34. The summed E-state index contributed by atoms with van der Waals surface area (Å²) in [5.41, 5.74) is 5.53. The summed E-state index contributed by atoms with van der Waals surface area (Å²) in [6.07, 6.45) is 0. The van der Waals surface area contributed by atoms with Crippen molar-refractivity contribution in [2.75, 3.05) is 10.9 Å². The van der Waals surface area contributed by atoms with E-state index in [1.807, 2.05) is 0 Å². The van der Waals surface area contributed by atoms with Crippen LogP contribution in [0.1, 0.15) is 0 Å². The maximum absolute atomic E-state index is 13.0. The molecule has 2 aromatic rings. The van der Waals surface area contributed by atoms with Crippen molar-refractivity contribution in [3.63, 3.8) is 0 Å². The van der Waals surface area contributed by atoms with E-state index in [4.69, 9.17) is 5.11 Å². The van der Waals surface area contributed by atoms with Gasteiger partial charge in [0.25, 0.3) is 0 Å². The number of phenolic OH excluding ortho intramolecular Hbond substituents is 2. The van der Waals surface area contributed by atoms with Gasteiger partial charge in [0, 0.05) is 12.1 Å². The van der Waals surface area contributed by atoms with Crippen molar-refractivity contribution >= 4 is 11.4 Å². The van der Waals surface area contributed by atoms with Crippen molar-refractivity contribution in [3.8, 4) is 11.5 Å². The van der Waals surface area contributed by atoms with Gasteiger partial charge in [-0.25, -0.2) is 8.78 Å². The van der Waals surface area contributed by atoms with Crippen LogP contribution < -0.4 is 10.9 Å². The maximum atomic E-state index is 13.0. The Morgan fingerprint density at radius 3 is 2.28 bits per heavy atom. The van der Waals surface area contributed by atoms with Gasteiger partial charge in [-0.3, -0.25) is 5.43 Å². The van der Waals surface area contributed by atoms with Gasteiger partial charge in [-0.1, -0.05) is 0 Å². The molecule has 2 rings (SSSR count). The second kappa shape index (κ2) is 4.79. The topological polar surface area (TPSA) is 64.5 Å². The van der Waals surface area contributed by atoms with Crippen LogP contribution in [-0.4, -0.2) is 10.2 Å². The maximum Gasteiger partial charge on any atom is 0.166 e. The third kappa shape index (κ3) is 2.60. The summed E-state index contributed by atoms with van der Waals surface area (Å²) in [6.45, 7) is 0. The Bertz CT molecular complexity index is 576. The molecule has 0 bridgehead atoms. The molecule has 0 spiro atoms. The zero-order valence-corrected chi connectivity index (χ0v) is 9.11. The van der Waals surface area contributed by atoms with Crippen LogP contribution in [0.15, 0.2) is 36.4 Å². The summed E-state index contributed by atoms with van der Waals surface area (Å²) in [5.74, 6) is -1.92. The minimum absolute atomic E-state index is 0.114. The summed E-state index contributed by atoms with van der Waals surface area (Å²) in [6, 6.07) is 7.03. The molecule has 4 N–H and O–H groups in total. The molecule has 18 heavy (non-hydrogen) atoms. The molecular formula is C12H10F2N2O2. The van der Waals surface area contributed by atoms with Crippen molar-refractivity contribution in [3.05, 3.63) is 48.0 Å². The lowest BCUT2D eigenvalue weighted by atomic mass is 10.3. The summed E-state index contributed by atoms with van der Waals surface area (Å²) >= 11 is 0. The number of anilines is 2. The molecular weight excluding hydrogens is 242 g/mol. The van der Waals surface area contributed by atoms with Crippen LogP contribution in [-0.2, 0) is 0 Å². The summed E-state index contributed by atoms with van der Waals surface area (Å²) in [5, 5.41) is 18.4. The van der Waals surface area contributed by atoms with E-state index in [2.05, 4.69) is 10.9 Å². The molecule has 0 heterocycles. The molecule has 0 unspecified atom stereocenters. The van der Waals surface area contributed by atoms with Gasteiger partial charge in [0.1, 0.15) is 11.6 Å². The Balaban J connectivity index is 2.11. The number of halogens is 2. The van der Waals surface area contributed by atoms with Gasteiger partial charge < -0.3 is 15.6 Å². The van der Waals surface area contributed by atoms with E-state index in [0.717, 1.165) is 18.2 Å². The zero-order chi connectivity index (χ0) is 13.1. The highest BCUT2D eigenvalue weighted by Crippen LogP contribution is 2.24. The number of hydrazine groups is 1. The molecule has 2 aromatic carbocycles. The van der Waals surface area contributed by atoms with Crippen LogP contribution in [0.25, 0.3) is 0 Å². The molecule has 0 saturated carbocycles. The van der Waals surface area contributed by atoms with Gasteiger partial charge in [-0.2, -0.15) is 0 Å². The Morgan fingerprint density at radius 2 is 1.56 bits per heavy atom. The lowest BCUT2D eigenvalue weighted by molar-refractivity contribution is 0.432. The molecule has 0 aromatic heterocycles. The van der Waals surface area contributed by atoms with Crippen molar-refractivity contribution in [1.82, 2.24) is 0 Å². The first-order valence-corrected chi connectivity index (χ1v) is 5.05. The van der Waals surface area contributed by atoms with E-state index in [1.165, 1.54) is 18.2 Å². The average molecular weight is 252 g/mol. The Kier molecular flexibility index (Phi) is 3.18. The number of hydrogen-bond acceptors (Lipinski definition) is 4. The Morgan fingerprint density at radius 1 is 0.833 bits per heavy atom. The van der Waals surface area contributed by atoms with Crippen LogP contribution in [0.5, 0.6) is 11.5 Å². The highest BCUT2D eigenvalue weighted by atomic mass is 19.1. The molecule has 0 aliphatic heterocycles. The Labute approximate surface area is 101 Å². The lowest BCUT2D eigenvalue weighted by Gasteiger charge is -2.11. The molecule has 6 heteroatoms. The van der Waals surface area contributed by atoms with Gasteiger partial charge >= 0.3 is 0 Å². The summed E-state index contributed by atoms with van der Waals surface area (Å²) in [7, 11) is 0. The van der Waals surface area contributed by atoms with E-state index in [1.54, 1.807) is 0 Å². The molecule has 0 saturated heterocycles. The molecule has 0 aliphatic rings. The fourth-order valence-electron chi connectivity index (χ4n) is 1.33. The predicted octanol–water partition coefficient (Wildman–Crippen LogP) is 2.82. The Hall–Kier alpha value is -2.50. The number of phenols is 2. The second-order valence-corrected chi connectivity index (χ2v) is 3.58. The fourth-order valence-corrected chi connectivity index (χ4v) is 1.33. The van der Waals surface area contributed by atoms with Gasteiger partial charge in [0.15, 0.2) is 11.6 Å². The highest BCUT2D eigenvalue weighted by molar-refractivity contribution is 5.60. The monoisotopic (exact) mass is 252 g/mol. The van der Waals surface area contributed by atoms with E-state index in [0.29, 0.717) is 5.69 Å². The number of nitrogens with one attached hydrogen (secondary N) is 2. The molecule has 4 nitrogen and oxygen atoms in total. The predicted molar refractivity (Wildman–Crippen MR) is 63.4 cm³/mol. The standard InChI is InChI=1S/C12H10F2N2O2/c13-7-1-3-12(18)10(5-7)16-15-8-2-4-11(17)9(14)6-8/h1-6,15-18H. The SMILES string of the molecule is Oc1ccc(NNc2cc(F)ccc2O)cc1F. The van der Waals surface area contributed by atoms with E-state index in [9.17, 15) is 13.9 Å². The van der Waals surface area contributed by atoms with Gasteiger partial charge in [0.2, 0.25) is 0 Å². The van der Waals surface area contributed by atoms with Crippen molar-refractivity contribution < 1.29 is 19.0 Å². The van der Waals surface area contributed by atoms with Crippen molar-refractivity contribution in [2.45, 2.75) is 0 Å². The zero-order valence-electron chi connectivity index (χ0n) is 9.11. The normalized spacial score (nSPS) is 10.1. The second-order valence-electron chi connectivity index (χ2n) is 3.58. The number of rotatable bonds is 3. The van der Waals surface area contributed by atoms with Crippen LogP contribution in [0.4, 0.5) is 20.2 Å².